The lowest BCUT2D eigenvalue weighted by atomic mass is 10.2. The summed E-state index contributed by atoms with van der Waals surface area (Å²) >= 11 is 0. The van der Waals surface area contributed by atoms with Crippen LogP contribution in [0.15, 0.2) is 0 Å². The van der Waals surface area contributed by atoms with Gasteiger partial charge in [-0.2, -0.15) is 35.1 Å². The Labute approximate surface area is 122 Å². The van der Waals surface area contributed by atoms with E-state index >= 15 is 0 Å². The standard InChI is InChI=1S/C10H7F9N2O2/c1-22-2-3-23-10(18,19)7-20-5(8(12,13)14)4(11)6(21-7)9(15,16)17/h2-3H2,1H3. The van der Waals surface area contributed by atoms with Gasteiger partial charge in [-0.05, 0) is 0 Å². The van der Waals surface area contributed by atoms with Gasteiger partial charge >= 0.3 is 18.5 Å². The Morgan fingerprint density at radius 1 is 0.826 bits per heavy atom. The highest BCUT2D eigenvalue weighted by atomic mass is 19.4. The minimum Gasteiger partial charge on any atom is -0.382 e. The topological polar surface area (TPSA) is 44.2 Å². The molecule has 0 saturated heterocycles. The third-order valence-corrected chi connectivity index (χ3v) is 2.22. The van der Waals surface area contributed by atoms with Crippen molar-refractivity contribution < 1.29 is 49.0 Å². The molecular formula is C10H7F9N2O2. The maximum absolute atomic E-state index is 13.5. The normalized spacial score (nSPS) is 13.5. The van der Waals surface area contributed by atoms with E-state index in [1.54, 1.807) is 0 Å². The maximum Gasteiger partial charge on any atom is 0.436 e. The van der Waals surface area contributed by atoms with Crippen molar-refractivity contribution in [3.05, 3.63) is 23.0 Å². The van der Waals surface area contributed by atoms with Crippen molar-refractivity contribution in [3.63, 3.8) is 0 Å². The molecule has 23 heavy (non-hydrogen) atoms. The summed E-state index contributed by atoms with van der Waals surface area (Å²) in [5.41, 5.74) is -5.55. The van der Waals surface area contributed by atoms with Crippen LogP contribution in [0.2, 0.25) is 0 Å². The zero-order valence-electron chi connectivity index (χ0n) is 11.0. The van der Waals surface area contributed by atoms with Crippen LogP contribution in [-0.2, 0) is 27.9 Å². The molecule has 0 spiro atoms. The predicted molar refractivity (Wildman–Crippen MR) is 53.7 cm³/mol. The molecule has 1 aromatic heterocycles. The summed E-state index contributed by atoms with van der Waals surface area (Å²) in [4.78, 5) is 4.28. The molecule has 0 N–H and O–H groups in total. The Morgan fingerprint density at radius 3 is 1.61 bits per heavy atom. The van der Waals surface area contributed by atoms with Crippen LogP contribution in [0.5, 0.6) is 0 Å². The molecule has 0 aromatic carbocycles. The van der Waals surface area contributed by atoms with Crippen LogP contribution in [0.1, 0.15) is 17.2 Å². The first-order valence-corrected chi connectivity index (χ1v) is 5.53. The summed E-state index contributed by atoms with van der Waals surface area (Å²) in [7, 11) is 1.08. The molecule has 1 heterocycles. The van der Waals surface area contributed by atoms with E-state index in [0.717, 1.165) is 7.11 Å². The van der Waals surface area contributed by atoms with E-state index in [2.05, 4.69) is 19.4 Å². The van der Waals surface area contributed by atoms with Gasteiger partial charge in [-0.3, -0.25) is 0 Å². The van der Waals surface area contributed by atoms with Crippen molar-refractivity contribution >= 4 is 0 Å². The monoisotopic (exact) mass is 358 g/mol. The number of rotatable bonds is 5. The third-order valence-electron chi connectivity index (χ3n) is 2.22. The summed E-state index contributed by atoms with van der Waals surface area (Å²) in [5.74, 6) is -5.17. The van der Waals surface area contributed by atoms with Gasteiger partial charge in [-0.1, -0.05) is 0 Å². The van der Waals surface area contributed by atoms with Crippen LogP contribution in [0.4, 0.5) is 39.5 Å². The van der Waals surface area contributed by atoms with Crippen molar-refractivity contribution in [1.82, 2.24) is 9.97 Å². The van der Waals surface area contributed by atoms with E-state index in [4.69, 9.17) is 0 Å². The van der Waals surface area contributed by atoms with Crippen LogP contribution in [0.3, 0.4) is 0 Å². The molecule has 0 atom stereocenters. The molecule has 0 fully saturated rings. The van der Waals surface area contributed by atoms with Gasteiger partial charge in [0.15, 0.2) is 17.2 Å². The number of hydrogen-bond donors (Lipinski definition) is 0. The Kier molecular flexibility index (Phi) is 5.46. The summed E-state index contributed by atoms with van der Waals surface area (Å²) in [6.07, 6.45) is -16.2. The number of ether oxygens (including phenoxy) is 2. The average Bonchev–Trinajstić information content (AvgIpc) is 2.36. The lowest BCUT2D eigenvalue weighted by molar-refractivity contribution is -0.259. The highest BCUT2D eigenvalue weighted by Gasteiger charge is 2.48. The second kappa shape index (κ2) is 6.47. The molecule has 0 unspecified atom stereocenters. The van der Waals surface area contributed by atoms with E-state index in [0.29, 0.717) is 0 Å². The molecular weight excluding hydrogens is 351 g/mol. The van der Waals surface area contributed by atoms with Crippen molar-refractivity contribution in [2.75, 3.05) is 20.3 Å². The minimum absolute atomic E-state index is 0.435. The lowest BCUT2D eigenvalue weighted by Crippen LogP contribution is -2.29. The first kappa shape index (κ1) is 19.4. The zero-order valence-corrected chi connectivity index (χ0v) is 11.0. The Morgan fingerprint density at radius 2 is 1.26 bits per heavy atom. The third kappa shape index (κ3) is 4.67. The van der Waals surface area contributed by atoms with E-state index in [9.17, 15) is 39.5 Å². The molecule has 0 aliphatic rings. The van der Waals surface area contributed by atoms with Gasteiger partial charge in [0.1, 0.15) is 0 Å². The molecule has 0 radical (unpaired) electrons. The van der Waals surface area contributed by atoms with Gasteiger partial charge in [-0.25, -0.2) is 14.4 Å². The number of hydrogen-bond acceptors (Lipinski definition) is 4. The van der Waals surface area contributed by atoms with Gasteiger partial charge in [0.2, 0.25) is 5.82 Å². The molecule has 132 valence electrons. The van der Waals surface area contributed by atoms with Crippen LogP contribution in [0, 0.1) is 5.82 Å². The highest BCUT2D eigenvalue weighted by molar-refractivity contribution is 5.20. The fraction of sp³-hybridized carbons (Fsp3) is 0.600. The van der Waals surface area contributed by atoms with Gasteiger partial charge in [0, 0.05) is 7.11 Å². The molecule has 0 saturated carbocycles. The van der Waals surface area contributed by atoms with E-state index < -0.39 is 54.7 Å². The average molecular weight is 358 g/mol. The molecule has 0 amide bonds. The van der Waals surface area contributed by atoms with Crippen molar-refractivity contribution in [2.45, 2.75) is 18.5 Å². The Balaban J connectivity index is 3.44. The van der Waals surface area contributed by atoms with E-state index in [-0.39, 0.29) is 0 Å². The molecule has 4 nitrogen and oxygen atoms in total. The zero-order chi connectivity index (χ0) is 18.1. The number of halogens is 9. The second-order valence-corrected chi connectivity index (χ2v) is 3.91. The second-order valence-electron chi connectivity index (χ2n) is 3.91. The number of alkyl halides is 8. The molecule has 1 aromatic rings. The van der Waals surface area contributed by atoms with Crippen molar-refractivity contribution in [2.24, 2.45) is 0 Å². The van der Waals surface area contributed by atoms with Crippen LogP contribution < -0.4 is 0 Å². The SMILES string of the molecule is COCCOC(F)(F)c1nc(C(F)(F)F)c(F)c(C(F)(F)F)n1. The predicted octanol–water partition coefficient (Wildman–Crippen LogP) is 3.37. The minimum atomic E-state index is -5.75. The molecule has 0 aliphatic heterocycles. The fourth-order valence-corrected chi connectivity index (χ4v) is 1.27. The summed E-state index contributed by atoms with van der Waals surface area (Å²) in [5, 5.41) is 0. The maximum atomic E-state index is 13.5. The first-order chi connectivity index (χ1) is 10.3. The Bertz CT molecular complexity index is 521. The molecule has 13 heteroatoms. The van der Waals surface area contributed by atoms with E-state index in [1.807, 2.05) is 0 Å². The summed E-state index contributed by atoms with van der Waals surface area (Å²) in [6.45, 7) is -1.32. The number of methoxy groups -OCH3 is 1. The molecule has 0 bridgehead atoms. The highest BCUT2D eigenvalue weighted by Crippen LogP contribution is 2.38. The van der Waals surface area contributed by atoms with Gasteiger partial charge in [0.05, 0.1) is 13.2 Å². The van der Waals surface area contributed by atoms with Crippen molar-refractivity contribution in [3.8, 4) is 0 Å². The van der Waals surface area contributed by atoms with Gasteiger partial charge < -0.3 is 9.47 Å². The van der Waals surface area contributed by atoms with Gasteiger partial charge in [-0.15, -0.1) is 0 Å². The fourth-order valence-electron chi connectivity index (χ4n) is 1.27. The number of nitrogens with zero attached hydrogens (tertiary/aromatic N) is 2. The van der Waals surface area contributed by atoms with Crippen LogP contribution >= 0.6 is 0 Å². The smallest absolute Gasteiger partial charge is 0.382 e. The van der Waals surface area contributed by atoms with Crippen LogP contribution in [0.25, 0.3) is 0 Å². The van der Waals surface area contributed by atoms with Crippen molar-refractivity contribution in [1.29, 1.82) is 0 Å². The Hall–Kier alpha value is -1.63. The van der Waals surface area contributed by atoms with E-state index in [1.165, 1.54) is 0 Å². The van der Waals surface area contributed by atoms with Crippen LogP contribution in [-0.4, -0.2) is 30.3 Å². The van der Waals surface area contributed by atoms with Gasteiger partial charge in [0.25, 0.3) is 0 Å². The quantitative estimate of drug-likeness (QED) is 0.598. The number of aromatic nitrogens is 2. The largest absolute Gasteiger partial charge is 0.436 e. The summed E-state index contributed by atoms with van der Waals surface area (Å²) in [6, 6.07) is 0. The summed E-state index contributed by atoms with van der Waals surface area (Å²) < 4.78 is 123. The molecule has 1 rings (SSSR count). The molecule has 0 aliphatic carbocycles. The lowest BCUT2D eigenvalue weighted by Gasteiger charge is -2.19. The first-order valence-electron chi connectivity index (χ1n) is 5.53.